The van der Waals surface area contributed by atoms with Gasteiger partial charge in [-0.1, -0.05) is 12.1 Å². The predicted octanol–water partition coefficient (Wildman–Crippen LogP) is 1.39. The van der Waals surface area contributed by atoms with Gasteiger partial charge in [-0.05, 0) is 30.5 Å². The van der Waals surface area contributed by atoms with Crippen LogP contribution in [0.15, 0.2) is 28.1 Å². The number of nitrogens with zero attached hydrogens (tertiary/aromatic N) is 1. The normalized spacial score (nSPS) is 15.5. The lowest BCUT2D eigenvalue weighted by atomic mass is 9.98. The van der Waals surface area contributed by atoms with Crippen molar-refractivity contribution in [2.45, 2.75) is 18.2 Å². The third-order valence-electron chi connectivity index (χ3n) is 2.72. The van der Waals surface area contributed by atoms with E-state index < -0.39 is 10.1 Å². The Morgan fingerprint density at radius 2 is 2.12 bits per heavy atom. The summed E-state index contributed by atoms with van der Waals surface area (Å²) in [6.45, 7) is 2.52. The van der Waals surface area contributed by atoms with E-state index in [1.54, 1.807) is 12.1 Å². The van der Waals surface area contributed by atoms with Gasteiger partial charge in [-0.2, -0.15) is 8.42 Å². The first-order valence-electron chi connectivity index (χ1n) is 5.00. The molecule has 0 aliphatic carbocycles. The van der Waals surface area contributed by atoms with Crippen molar-refractivity contribution in [1.82, 2.24) is 0 Å². The molecular weight excluding hydrogens is 226 g/mol. The largest absolute Gasteiger partial charge is 0.297 e. The average Bonchev–Trinajstić information content (AvgIpc) is 2.29. The quantitative estimate of drug-likeness (QED) is 0.733. The lowest BCUT2D eigenvalue weighted by molar-refractivity contribution is 0.397. The molecule has 0 spiro atoms. The number of rotatable bonds is 2. The first-order valence-corrected chi connectivity index (χ1v) is 6.41. The van der Waals surface area contributed by atoms with Crippen molar-refractivity contribution in [3.05, 3.63) is 29.3 Å². The Balaban J connectivity index is 2.67. The molecule has 5 heteroatoms. The Hall–Kier alpha value is -1.20. The fraction of sp³-hybridized carbons (Fsp3) is 0.364. The molecule has 0 saturated carbocycles. The average molecular weight is 239 g/mol. The Kier molecular flexibility index (Phi) is 2.82. The lowest BCUT2D eigenvalue weighted by Gasteiger charge is -2.17. The van der Waals surface area contributed by atoms with Crippen LogP contribution in [0, 0.1) is 0 Å². The Morgan fingerprint density at radius 3 is 2.81 bits per heavy atom. The van der Waals surface area contributed by atoms with E-state index in [0.717, 1.165) is 16.8 Å². The van der Waals surface area contributed by atoms with Gasteiger partial charge in [-0.25, -0.2) is 0 Å². The van der Waals surface area contributed by atoms with Crippen molar-refractivity contribution in [3.8, 4) is 0 Å². The van der Waals surface area contributed by atoms with Crippen LogP contribution >= 0.6 is 0 Å². The zero-order chi connectivity index (χ0) is 11.8. The molecule has 16 heavy (non-hydrogen) atoms. The predicted molar refractivity (Wildman–Crippen MR) is 61.4 cm³/mol. The van der Waals surface area contributed by atoms with Gasteiger partial charge in [-0.3, -0.25) is 9.18 Å². The Bertz CT molecular complexity index is 546. The highest BCUT2D eigenvalue weighted by Gasteiger charge is 2.22. The summed E-state index contributed by atoms with van der Waals surface area (Å²) in [6, 6.07) is 5.19. The highest BCUT2D eigenvalue weighted by Crippen LogP contribution is 2.25. The summed E-state index contributed by atoms with van der Waals surface area (Å²) < 4.78 is 28.0. The molecule has 2 rings (SSSR count). The van der Waals surface area contributed by atoms with Crippen molar-refractivity contribution in [2.24, 2.45) is 4.99 Å². The van der Waals surface area contributed by atoms with E-state index in [4.69, 9.17) is 0 Å². The summed E-state index contributed by atoms with van der Waals surface area (Å²) in [7, 11) is -2.44. The molecule has 1 aliphatic rings. The first kappa shape index (κ1) is 11.3. The van der Waals surface area contributed by atoms with Crippen molar-refractivity contribution in [2.75, 3.05) is 13.7 Å². The molecule has 1 heterocycles. The maximum Gasteiger partial charge on any atom is 0.297 e. The molecule has 86 valence electrons. The SMILES string of the molecule is COS(=O)(=O)c1cccc2c1CCN=C2C. The molecule has 1 aliphatic heterocycles. The Labute approximate surface area is 95.1 Å². The van der Waals surface area contributed by atoms with Crippen LogP contribution in [-0.2, 0) is 20.7 Å². The minimum atomic E-state index is -3.62. The van der Waals surface area contributed by atoms with Crippen molar-refractivity contribution in [1.29, 1.82) is 0 Å². The van der Waals surface area contributed by atoms with Gasteiger partial charge in [-0.15, -0.1) is 0 Å². The van der Waals surface area contributed by atoms with Crippen LogP contribution in [0.2, 0.25) is 0 Å². The van der Waals surface area contributed by atoms with Gasteiger partial charge >= 0.3 is 0 Å². The van der Waals surface area contributed by atoms with E-state index >= 15 is 0 Å². The number of aliphatic imine (C=N–C) groups is 1. The number of fused-ring (bicyclic) bond motifs is 1. The molecule has 0 atom stereocenters. The van der Waals surface area contributed by atoms with Gasteiger partial charge in [0.1, 0.15) is 0 Å². The highest BCUT2D eigenvalue weighted by atomic mass is 32.2. The van der Waals surface area contributed by atoms with E-state index in [9.17, 15) is 8.42 Å². The second-order valence-corrected chi connectivity index (χ2v) is 5.30. The van der Waals surface area contributed by atoms with Crippen LogP contribution in [-0.4, -0.2) is 27.8 Å². The molecule has 0 saturated heterocycles. The summed E-state index contributed by atoms with van der Waals surface area (Å²) in [5.41, 5.74) is 2.61. The Morgan fingerprint density at radius 1 is 1.38 bits per heavy atom. The number of hydrogen-bond acceptors (Lipinski definition) is 4. The smallest absolute Gasteiger partial charge is 0.289 e. The van der Waals surface area contributed by atoms with E-state index in [1.165, 1.54) is 7.11 Å². The molecule has 0 unspecified atom stereocenters. The third-order valence-corrected chi connectivity index (χ3v) is 4.08. The minimum Gasteiger partial charge on any atom is -0.289 e. The van der Waals surface area contributed by atoms with E-state index in [0.29, 0.717) is 13.0 Å². The van der Waals surface area contributed by atoms with Crippen LogP contribution in [0.5, 0.6) is 0 Å². The monoisotopic (exact) mass is 239 g/mol. The molecule has 1 aromatic rings. The van der Waals surface area contributed by atoms with Crippen molar-refractivity contribution >= 4 is 15.8 Å². The summed E-state index contributed by atoms with van der Waals surface area (Å²) >= 11 is 0. The van der Waals surface area contributed by atoms with Crippen LogP contribution in [0.4, 0.5) is 0 Å². The fourth-order valence-corrected chi connectivity index (χ4v) is 2.85. The van der Waals surface area contributed by atoms with Crippen LogP contribution < -0.4 is 0 Å². The standard InChI is InChI=1S/C11H13NO3S/c1-8-9-4-3-5-11(16(13,14)15-2)10(9)6-7-12-8/h3-5H,6-7H2,1-2H3. The fourth-order valence-electron chi connectivity index (χ4n) is 1.91. The van der Waals surface area contributed by atoms with Crippen molar-refractivity contribution < 1.29 is 12.6 Å². The molecule has 0 N–H and O–H groups in total. The second kappa shape index (κ2) is 3.99. The maximum absolute atomic E-state index is 11.7. The first-order chi connectivity index (χ1) is 7.56. The van der Waals surface area contributed by atoms with E-state index in [1.807, 2.05) is 13.0 Å². The van der Waals surface area contributed by atoms with Crippen LogP contribution in [0.3, 0.4) is 0 Å². The van der Waals surface area contributed by atoms with Gasteiger partial charge in [0.2, 0.25) is 0 Å². The van der Waals surface area contributed by atoms with Gasteiger partial charge < -0.3 is 0 Å². The summed E-state index contributed by atoms with van der Waals surface area (Å²) in [5.74, 6) is 0. The minimum absolute atomic E-state index is 0.266. The maximum atomic E-state index is 11.7. The van der Waals surface area contributed by atoms with Crippen LogP contribution in [0.1, 0.15) is 18.1 Å². The van der Waals surface area contributed by atoms with E-state index in [2.05, 4.69) is 9.18 Å². The van der Waals surface area contributed by atoms with Gasteiger partial charge in [0.05, 0.1) is 12.0 Å². The summed E-state index contributed by atoms with van der Waals surface area (Å²) in [6.07, 6.45) is 0.644. The molecule has 0 bridgehead atoms. The zero-order valence-electron chi connectivity index (χ0n) is 9.23. The molecule has 0 aromatic heterocycles. The zero-order valence-corrected chi connectivity index (χ0v) is 10.0. The molecule has 0 radical (unpaired) electrons. The third kappa shape index (κ3) is 1.76. The topological polar surface area (TPSA) is 55.7 Å². The molecule has 0 fully saturated rings. The highest BCUT2D eigenvalue weighted by molar-refractivity contribution is 7.86. The summed E-state index contributed by atoms with van der Waals surface area (Å²) in [5, 5.41) is 0. The van der Waals surface area contributed by atoms with Gasteiger partial charge in [0.15, 0.2) is 0 Å². The van der Waals surface area contributed by atoms with Gasteiger partial charge in [0.25, 0.3) is 10.1 Å². The van der Waals surface area contributed by atoms with Gasteiger partial charge in [0, 0.05) is 12.3 Å². The van der Waals surface area contributed by atoms with Crippen molar-refractivity contribution in [3.63, 3.8) is 0 Å². The van der Waals surface area contributed by atoms with Crippen LogP contribution in [0.25, 0.3) is 0 Å². The lowest BCUT2D eigenvalue weighted by Crippen LogP contribution is -2.15. The molecule has 4 nitrogen and oxygen atoms in total. The molecule has 0 amide bonds. The number of benzene rings is 1. The second-order valence-electron chi connectivity index (χ2n) is 3.62. The van der Waals surface area contributed by atoms with E-state index in [-0.39, 0.29) is 4.90 Å². The molecule has 1 aromatic carbocycles. The summed E-state index contributed by atoms with van der Waals surface area (Å²) in [4.78, 5) is 4.57. The molecular formula is C11H13NO3S. The number of hydrogen-bond donors (Lipinski definition) is 0.